The number of rotatable bonds is 11. The Bertz CT molecular complexity index is 2150. The van der Waals surface area contributed by atoms with Crippen molar-refractivity contribution in [2.45, 2.75) is 83.8 Å². The Kier molecular flexibility index (Phi) is 11.3. The van der Waals surface area contributed by atoms with Crippen LogP contribution >= 0.6 is 31.0 Å². The topological polar surface area (TPSA) is 135 Å². The Morgan fingerprint density at radius 2 is 1.20 bits per heavy atom. The lowest BCUT2D eigenvalue weighted by Crippen LogP contribution is -2.32. The Morgan fingerprint density at radius 3 is 1.67 bits per heavy atom. The van der Waals surface area contributed by atoms with Crippen LogP contribution in [0.3, 0.4) is 0 Å². The molecule has 2 atom stereocenters. The number of phosphoric ester groups is 1. The highest BCUT2D eigenvalue weighted by Gasteiger charge is 2.41. The van der Waals surface area contributed by atoms with Gasteiger partial charge in [0.15, 0.2) is 0 Å². The molecule has 14 heteroatoms. The van der Waals surface area contributed by atoms with Gasteiger partial charge in [0.2, 0.25) is 11.8 Å². The zero-order valence-corrected chi connectivity index (χ0v) is 33.7. The number of alkyl halides is 2. The van der Waals surface area contributed by atoms with Gasteiger partial charge in [-0.3, -0.25) is 24.0 Å². The number of carbonyl (C=O) groups excluding carboxylic acids is 2. The molecule has 6 rings (SSSR count). The van der Waals surface area contributed by atoms with Crippen molar-refractivity contribution in [3.05, 3.63) is 71.8 Å². The number of carboxylic acid groups (broad SMARTS) is 1. The Balaban J connectivity index is 1.25. The first-order chi connectivity index (χ1) is 25.4. The molecule has 4 aromatic carbocycles. The monoisotopic (exact) mass is 797 g/mol. The number of halogens is 2. The van der Waals surface area contributed by atoms with Crippen molar-refractivity contribution in [1.82, 2.24) is 0 Å². The fraction of sp³-hybridized carbons (Fsp3) is 0.425. The van der Waals surface area contributed by atoms with E-state index >= 15 is 0 Å². The van der Waals surface area contributed by atoms with Crippen LogP contribution in [0.1, 0.15) is 83.8 Å². The molecule has 54 heavy (non-hydrogen) atoms. The minimum Gasteiger partial charge on any atom is -0.465 e. The van der Waals surface area contributed by atoms with E-state index in [-0.39, 0.29) is 60.4 Å². The fourth-order valence-electron chi connectivity index (χ4n) is 7.38. The Hall–Kier alpha value is -3.86. The van der Waals surface area contributed by atoms with E-state index in [1.54, 1.807) is 63.5 Å². The summed E-state index contributed by atoms with van der Waals surface area (Å²) in [6.45, 7) is 11.3. The number of hydrogen-bond acceptors (Lipinski definition) is 7. The van der Waals surface area contributed by atoms with E-state index in [0.29, 0.717) is 35.5 Å². The summed E-state index contributed by atoms with van der Waals surface area (Å²) in [5.74, 6) is 0.0837. The predicted octanol–water partition coefficient (Wildman–Crippen LogP) is 10.4. The number of anilines is 3. The van der Waals surface area contributed by atoms with Crippen LogP contribution in [0.4, 0.5) is 21.9 Å². The van der Waals surface area contributed by atoms with Gasteiger partial charge in [-0.1, -0.05) is 48.5 Å². The highest BCUT2D eigenvalue weighted by molar-refractivity contribution is 7.49. The largest absolute Gasteiger partial charge is 0.531 e. The number of carbonyl (C=O) groups is 3. The molecule has 0 aromatic heterocycles. The molecule has 288 valence electrons. The van der Waals surface area contributed by atoms with E-state index in [1.807, 2.05) is 48.5 Å². The molecule has 2 N–H and O–H groups in total. The van der Waals surface area contributed by atoms with Gasteiger partial charge < -0.3 is 19.4 Å². The average Bonchev–Trinajstić information content (AvgIpc) is 3.65. The van der Waals surface area contributed by atoms with Crippen molar-refractivity contribution < 1.29 is 37.6 Å². The minimum absolute atomic E-state index is 0.0745. The van der Waals surface area contributed by atoms with Crippen molar-refractivity contribution in [1.29, 1.82) is 0 Å². The molecule has 11 nitrogen and oxygen atoms in total. The van der Waals surface area contributed by atoms with Crippen LogP contribution in [-0.2, 0) is 23.2 Å². The standard InChI is InChI=1S/C40H46Cl2N3O8P/c1-39(2,3)52-54(50,53-40(4,5)6)51-33-19-32-37(29-15-10-8-13-27(29)33)25(21-42)23-45(32)35(47)17-11-16-34(46)44-22-24(20-41)36-28-14-9-7-12-26(28)30(18-31(36)44)43-38(48)49/h7-10,12-15,18-19,24-25,43H,11,16-17,20-23H2,1-6H3,(H,48,49)/t24?,25-/m1/s1. The van der Waals surface area contributed by atoms with Gasteiger partial charge in [0, 0.05) is 72.1 Å². The molecule has 3 amide bonds. The number of phosphoric acid groups is 1. The molecule has 0 radical (unpaired) electrons. The lowest BCUT2D eigenvalue weighted by Gasteiger charge is -2.31. The number of nitrogens with zero attached hydrogens (tertiary/aromatic N) is 2. The maximum absolute atomic E-state index is 14.2. The van der Waals surface area contributed by atoms with E-state index in [0.717, 1.165) is 27.3 Å². The zero-order chi connectivity index (χ0) is 39.2. The molecule has 2 heterocycles. The third-order valence-electron chi connectivity index (χ3n) is 9.27. The van der Waals surface area contributed by atoms with Crippen LogP contribution in [0.2, 0.25) is 0 Å². The molecule has 0 aliphatic carbocycles. The van der Waals surface area contributed by atoms with E-state index in [4.69, 9.17) is 36.8 Å². The first-order valence-corrected chi connectivity index (χ1v) is 20.5. The minimum atomic E-state index is -4.19. The van der Waals surface area contributed by atoms with Crippen molar-refractivity contribution in [3.63, 3.8) is 0 Å². The fourth-order valence-corrected chi connectivity index (χ4v) is 9.73. The lowest BCUT2D eigenvalue weighted by atomic mass is 9.95. The molecular formula is C40H46Cl2N3O8P. The highest BCUT2D eigenvalue weighted by Crippen LogP contribution is 2.57. The summed E-state index contributed by atoms with van der Waals surface area (Å²) >= 11 is 12.9. The molecule has 0 spiro atoms. The summed E-state index contributed by atoms with van der Waals surface area (Å²) in [5.41, 5.74) is 1.65. The summed E-state index contributed by atoms with van der Waals surface area (Å²) in [4.78, 5) is 42.7. The number of fused-ring (bicyclic) bond motifs is 6. The van der Waals surface area contributed by atoms with Gasteiger partial charge in [-0.25, -0.2) is 9.36 Å². The first kappa shape index (κ1) is 39.8. The molecule has 2 aliphatic rings. The molecule has 0 bridgehead atoms. The lowest BCUT2D eigenvalue weighted by molar-refractivity contribution is -0.119. The molecule has 4 aromatic rings. The Morgan fingerprint density at radius 1 is 0.759 bits per heavy atom. The van der Waals surface area contributed by atoms with Gasteiger partial charge in [0.1, 0.15) is 5.75 Å². The molecule has 1 unspecified atom stereocenters. The molecule has 0 saturated heterocycles. The maximum atomic E-state index is 14.2. The summed E-state index contributed by atoms with van der Waals surface area (Å²) in [7, 11) is -4.19. The van der Waals surface area contributed by atoms with E-state index in [1.165, 1.54) is 0 Å². The van der Waals surface area contributed by atoms with Gasteiger partial charge in [0.05, 0.1) is 22.6 Å². The SMILES string of the molecule is CC(C)(C)OP(=O)(Oc1cc2c(c3ccccc13)[C@H](CCl)CN2C(=O)CCCC(=O)N1CC(CCl)c2c1cc(NC(=O)O)c1ccccc21)OC(C)(C)C. The van der Waals surface area contributed by atoms with Crippen LogP contribution < -0.4 is 19.6 Å². The molecular weight excluding hydrogens is 752 g/mol. The number of benzene rings is 4. The van der Waals surface area contributed by atoms with E-state index in [9.17, 15) is 24.1 Å². The molecule has 0 fully saturated rings. The summed E-state index contributed by atoms with van der Waals surface area (Å²) in [5, 5.41) is 15.0. The quantitative estimate of drug-likeness (QED) is 0.113. The van der Waals surface area contributed by atoms with Gasteiger partial charge in [0.25, 0.3) is 0 Å². The van der Waals surface area contributed by atoms with E-state index in [2.05, 4.69) is 5.32 Å². The second kappa shape index (κ2) is 15.3. The zero-order valence-electron chi connectivity index (χ0n) is 31.3. The van der Waals surface area contributed by atoms with Gasteiger partial charge in [-0.15, -0.1) is 23.2 Å². The average molecular weight is 799 g/mol. The Labute approximate surface area is 325 Å². The number of amides is 3. The van der Waals surface area contributed by atoms with Crippen LogP contribution in [-0.4, -0.2) is 59.1 Å². The third kappa shape index (κ3) is 8.36. The normalized spacial score (nSPS) is 17.2. The highest BCUT2D eigenvalue weighted by atomic mass is 35.5. The van der Waals surface area contributed by atoms with Crippen molar-refractivity contribution in [3.8, 4) is 5.75 Å². The second-order valence-corrected chi connectivity index (χ2v) is 17.8. The van der Waals surface area contributed by atoms with Crippen molar-refractivity contribution in [2.24, 2.45) is 0 Å². The number of hydrogen-bond donors (Lipinski definition) is 2. The first-order valence-electron chi connectivity index (χ1n) is 18.0. The van der Waals surface area contributed by atoms with Gasteiger partial charge >= 0.3 is 13.9 Å². The van der Waals surface area contributed by atoms with Crippen molar-refractivity contribution >= 4 is 87.5 Å². The van der Waals surface area contributed by atoms with Crippen molar-refractivity contribution in [2.75, 3.05) is 40.0 Å². The second-order valence-electron chi connectivity index (χ2n) is 15.7. The molecule has 2 aliphatic heterocycles. The summed E-state index contributed by atoms with van der Waals surface area (Å²) < 4.78 is 32.3. The third-order valence-corrected chi connectivity index (χ3v) is 12.0. The van der Waals surface area contributed by atoms with Gasteiger partial charge in [-0.05, 0) is 75.9 Å². The molecule has 0 saturated carbocycles. The smallest absolute Gasteiger partial charge is 0.465 e. The number of nitrogens with one attached hydrogen (secondary N) is 1. The summed E-state index contributed by atoms with van der Waals surface area (Å²) in [6, 6.07) is 18.4. The predicted molar refractivity (Wildman–Crippen MR) is 215 cm³/mol. The van der Waals surface area contributed by atoms with Crippen LogP contribution in [0.15, 0.2) is 60.7 Å². The maximum Gasteiger partial charge on any atom is 0.531 e. The van der Waals surface area contributed by atoms with Crippen LogP contribution in [0.25, 0.3) is 21.5 Å². The van der Waals surface area contributed by atoms with E-state index < -0.39 is 25.1 Å². The van der Waals surface area contributed by atoms with Gasteiger partial charge in [-0.2, -0.15) is 0 Å². The summed E-state index contributed by atoms with van der Waals surface area (Å²) in [6.07, 6.45) is -0.783. The van der Waals surface area contributed by atoms with Crippen LogP contribution in [0, 0.1) is 0 Å². The van der Waals surface area contributed by atoms with Crippen LogP contribution in [0.5, 0.6) is 5.75 Å².